The second-order valence-corrected chi connectivity index (χ2v) is 6.65. The smallest absolute Gasteiger partial charge is 0.431 e. The van der Waals surface area contributed by atoms with Crippen LogP contribution in [0.2, 0.25) is 0 Å². The second kappa shape index (κ2) is 11.5. The van der Waals surface area contributed by atoms with Crippen LogP contribution < -0.4 is 16.5 Å². The average Bonchev–Trinajstić information content (AvgIpc) is 2.56. The summed E-state index contributed by atoms with van der Waals surface area (Å²) in [4.78, 5) is 28.1. The van der Waals surface area contributed by atoms with Crippen LogP contribution in [-0.4, -0.2) is 50.0 Å². The Morgan fingerprint density at radius 2 is 1.81 bits per heavy atom. The second-order valence-electron chi connectivity index (χ2n) is 6.65. The van der Waals surface area contributed by atoms with Crippen molar-refractivity contribution < 1.29 is 23.9 Å². The number of benzene rings is 1. The van der Waals surface area contributed by atoms with Crippen molar-refractivity contribution in [2.24, 2.45) is 5.73 Å². The zero-order valence-corrected chi connectivity index (χ0v) is 15.6. The molecule has 146 valence electrons. The van der Waals surface area contributed by atoms with Crippen LogP contribution in [0.15, 0.2) is 30.3 Å². The van der Waals surface area contributed by atoms with Gasteiger partial charge in [-0.2, -0.15) is 5.48 Å². The molecule has 0 saturated carbocycles. The molecule has 0 radical (unpaired) electrons. The van der Waals surface area contributed by atoms with Gasteiger partial charge in [-0.15, -0.1) is 0 Å². The summed E-state index contributed by atoms with van der Waals surface area (Å²) in [5.41, 5.74) is 8.47. The minimum atomic E-state index is -0.655. The van der Waals surface area contributed by atoms with Crippen molar-refractivity contribution in [2.45, 2.75) is 38.8 Å². The maximum atomic E-state index is 11.9. The molecule has 1 aromatic rings. The molecule has 0 fully saturated rings. The quantitative estimate of drug-likeness (QED) is 0.422. The Kier molecular flexibility index (Phi) is 9.64. The molecule has 1 aromatic carbocycles. The number of nitrogens with one attached hydrogen (secondary N) is 2. The minimum absolute atomic E-state index is 0.167. The Hall–Kier alpha value is -2.16. The highest BCUT2D eigenvalue weighted by atomic mass is 16.7. The molecule has 8 nitrogen and oxygen atoms in total. The predicted octanol–water partition coefficient (Wildman–Crippen LogP) is 1.15. The molecule has 2 amide bonds. The lowest BCUT2D eigenvalue weighted by Crippen LogP contribution is -2.43. The molecule has 0 aliphatic rings. The molecule has 0 spiro atoms. The normalized spacial score (nSPS) is 12.3. The highest BCUT2D eigenvalue weighted by Crippen LogP contribution is 2.06. The minimum Gasteiger partial charge on any atom is -0.442 e. The number of ether oxygens (including phenoxy) is 2. The summed E-state index contributed by atoms with van der Waals surface area (Å²) in [5, 5.41) is 2.72. The highest BCUT2D eigenvalue weighted by Gasteiger charge is 2.16. The van der Waals surface area contributed by atoms with Crippen molar-refractivity contribution in [1.29, 1.82) is 0 Å². The third kappa shape index (κ3) is 10.7. The molecule has 0 aromatic heterocycles. The highest BCUT2D eigenvalue weighted by molar-refractivity contribution is 5.81. The van der Waals surface area contributed by atoms with Crippen LogP contribution in [0.1, 0.15) is 26.3 Å². The van der Waals surface area contributed by atoms with E-state index in [1.807, 2.05) is 30.3 Å². The van der Waals surface area contributed by atoms with Gasteiger partial charge in [0.25, 0.3) is 0 Å². The van der Waals surface area contributed by atoms with Crippen molar-refractivity contribution in [2.75, 3.05) is 26.4 Å². The Balaban J connectivity index is 2.01. The fraction of sp³-hybridized carbons (Fsp3) is 0.556. The number of hydrogen-bond donors (Lipinski definition) is 3. The van der Waals surface area contributed by atoms with Crippen LogP contribution in [0.25, 0.3) is 0 Å². The van der Waals surface area contributed by atoms with Gasteiger partial charge in [-0.05, 0) is 32.8 Å². The first-order valence-electron chi connectivity index (χ1n) is 8.53. The van der Waals surface area contributed by atoms with E-state index in [0.717, 1.165) is 5.56 Å². The summed E-state index contributed by atoms with van der Waals surface area (Å²) in [6, 6.07) is 9.00. The van der Waals surface area contributed by atoms with E-state index in [9.17, 15) is 9.59 Å². The molecule has 1 rings (SSSR count). The summed E-state index contributed by atoms with van der Waals surface area (Å²) in [7, 11) is 0. The van der Waals surface area contributed by atoms with E-state index in [4.69, 9.17) is 20.0 Å². The lowest BCUT2D eigenvalue weighted by atomic mass is 10.1. The van der Waals surface area contributed by atoms with E-state index >= 15 is 0 Å². The molecule has 0 aliphatic carbocycles. The molecule has 0 aliphatic heterocycles. The van der Waals surface area contributed by atoms with Crippen LogP contribution in [-0.2, 0) is 25.5 Å². The number of hydroxylamine groups is 1. The van der Waals surface area contributed by atoms with Gasteiger partial charge in [0.15, 0.2) is 0 Å². The van der Waals surface area contributed by atoms with Crippen LogP contribution in [0.5, 0.6) is 0 Å². The van der Waals surface area contributed by atoms with Crippen LogP contribution >= 0.6 is 0 Å². The van der Waals surface area contributed by atoms with E-state index in [0.29, 0.717) is 19.6 Å². The summed E-state index contributed by atoms with van der Waals surface area (Å²) >= 11 is 0. The number of hydrogen-bond acceptors (Lipinski definition) is 6. The van der Waals surface area contributed by atoms with Gasteiger partial charge in [0, 0.05) is 6.54 Å². The van der Waals surface area contributed by atoms with Crippen molar-refractivity contribution in [3.05, 3.63) is 35.9 Å². The molecule has 0 bridgehead atoms. The first-order chi connectivity index (χ1) is 12.3. The SMILES string of the molecule is CC(C)(C)OC(=O)NOCCOCCNC(=O)C(N)Cc1ccccc1. The Morgan fingerprint density at radius 1 is 1.12 bits per heavy atom. The first kappa shape index (κ1) is 21.9. The van der Waals surface area contributed by atoms with Crippen LogP contribution in [0.4, 0.5) is 4.79 Å². The lowest BCUT2D eigenvalue weighted by Gasteiger charge is -2.19. The topological polar surface area (TPSA) is 112 Å². The van der Waals surface area contributed by atoms with Gasteiger partial charge < -0.3 is 20.5 Å². The van der Waals surface area contributed by atoms with E-state index in [-0.39, 0.29) is 19.1 Å². The van der Waals surface area contributed by atoms with Crippen molar-refractivity contribution >= 4 is 12.0 Å². The van der Waals surface area contributed by atoms with E-state index in [1.165, 1.54) is 0 Å². The molecule has 0 heterocycles. The number of amides is 2. The molecule has 26 heavy (non-hydrogen) atoms. The monoisotopic (exact) mass is 367 g/mol. The fourth-order valence-corrected chi connectivity index (χ4v) is 1.95. The van der Waals surface area contributed by atoms with Gasteiger partial charge in [0.2, 0.25) is 5.91 Å². The summed E-state index contributed by atoms with van der Waals surface area (Å²) in [6.07, 6.45) is -0.172. The predicted molar refractivity (Wildman–Crippen MR) is 97.3 cm³/mol. The molecule has 1 unspecified atom stereocenters. The maximum absolute atomic E-state index is 11.9. The van der Waals surface area contributed by atoms with Gasteiger partial charge in [-0.3, -0.25) is 9.63 Å². The molecule has 1 atom stereocenters. The van der Waals surface area contributed by atoms with Gasteiger partial charge in [-0.1, -0.05) is 30.3 Å². The molecule has 8 heteroatoms. The first-order valence-corrected chi connectivity index (χ1v) is 8.53. The fourth-order valence-electron chi connectivity index (χ4n) is 1.95. The van der Waals surface area contributed by atoms with Crippen LogP contribution in [0, 0.1) is 0 Å². The van der Waals surface area contributed by atoms with Crippen molar-refractivity contribution in [3.8, 4) is 0 Å². The van der Waals surface area contributed by atoms with Crippen LogP contribution in [0.3, 0.4) is 0 Å². The zero-order valence-electron chi connectivity index (χ0n) is 15.6. The molecule has 4 N–H and O–H groups in total. The maximum Gasteiger partial charge on any atom is 0.431 e. The Bertz CT molecular complexity index is 546. The van der Waals surface area contributed by atoms with Gasteiger partial charge in [0.05, 0.1) is 25.9 Å². The van der Waals surface area contributed by atoms with E-state index in [1.54, 1.807) is 20.8 Å². The summed E-state index contributed by atoms with van der Waals surface area (Å²) in [5.74, 6) is -0.222. The third-order valence-corrected chi connectivity index (χ3v) is 3.06. The van der Waals surface area contributed by atoms with E-state index < -0.39 is 17.7 Å². The van der Waals surface area contributed by atoms with Gasteiger partial charge >= 0.3 is 6.09 Å². The number of nitrogens with two attached hydrogens (primary N) is 1. The number of carbonyl (C=O) groups excluding carboxylic acids is 2. The Morgan fingerprint density at radius 3 is 2.46 bits per heavy atom. The average molecular weight is 367 g/mol. The third-order valence-electron chi connectivity index (χ3n) is 3.06. The summed E-state index contributed by atoms with van der Waals surface area (Å²) in [6.45, 7) is 6.38. The molecular formula is C18H29N3O5. The van der Waals surface area contributed by atoms with E-state index in [2.05, 4.69) is 10.8 Å². The summed E-state index contributed by atoms with van der Waals surface area (Å²) < 4.78 is 10.3. The number of carbonyl (C=O) groups is 2. The number of rotatable bonds is 10. The lowest BCUT2D eigenvalue weighted by molar-refractivity contribution is -0.122. The largest absolute Gasteiger partial charge is 0.442 e. The van der Waals surface area contributed by atoms with Gasteiger partial charge in [0.1, 0.15) is 5.60 Å². The zero-order chi connectivity index (χ0) is 19.4. The van der Waals surface area contributed by atoms with Gasteiger partial charge in [-0.25, -0.2) is 4.79 Å². The molecular weight excluding hydrogens is 338 g/mol. The van der Waals surface area contributed by atoms with Crippen molar-refractivity contribution in [3.63, 3.8) is 0 Å². The molecule has 0 saturated heterocycles. The Labute approximate surface area is 154 Å². The van der Waals surface area contributed by atoms with Crippen molar-refractivity contribution in [1.82, 2.24) is 10.8 Å². The standard InChI is InChI=1S/C18H29N3O5/c1-18(2,3)26-17(23)21-25-12-11-24-10-9-20-16(22)15(19)13-14-7-5-4-6-8-14/h4-8,15H,9-13,19H2,1-3H3,(H,20,22)(H,21,23).